The van der Waals surface area contributed by atoms with Crippen molar-refractivity contribution >= 4 is 17.3 Å². The maximum absolute atomic E-state index is 13.4. The Morgan fingerprint density at radius 3 is 2.68 bits per heavy atom. The van der Waals surface area contributed by atoms with Crippen molar-refractivity contribution in [2.75, 3.05) is 5.32 Å². The van der Waals surface area contributed by atoms with E-state index >= 15 is 0 Å². The van der Waals surface area contributed by atoms with Crippen molar-refractivity contribution in [3.8, 4) is 0 Å². The van der Waals surface area contributed by atoms with Gasteiger partial charge in [-0.15, -0.1) is 0 Å². The number of benzene rings is 1. The number of carbonyl (C=O) groups is 1. The van der Waals surface area contributed by atoms with E-state index in [1.807, 2.05) is 18.5 Å². The highest BCUT2D eigenvalue weighted by molar-refractivity contribution is 5.92. The van der Waals surface area contributed by atoms with Crippen LogP contribution in [0.1, 0.15) is 30.8 Å². The molecule has 134 valence electrons. The number of nitro groups is 1. The Hall–Kier alpha value is -2.77. The minimum atomic E-state index is -0.940. The molecule has 0 saturated heterocycles. The molecule has 0 aliphatic rings. The van der Waals surface area contributed by atoms with Crippen LogP contribution < -0.4 is 5.32 Å². The van der Waals surface area contributed by atoms with E-state index in [4.69, 9.17) is 0 Å². The first-order chi connectivity index (χ1) is 11.7. The zero-order chi connectivity index (χ0) is 18.7. The summed E-state index contributed by atoms with van der Waals surface area (Å²) in [5, 5.41) is 17.8. The number of anilines is 1. The van der Waals surface area contributed by atoms with Crippen LogP contribution in [0.3, 0.4) is 0 Å². The number of halogens is 1. The van der Waals surface area contributed by atoms with Gasteiger partial charge in [-0.1, -0.05) is 13.8 Å². The Labute approximate surface area is 145 Å². The number of aryl methyl sites for hydroxylation is 1. The van der Waals surface area contributed by atoms with Crippen LogP contribution in [-0.2, 0) is 17.8 Å². The fraction of sp³-hybridized carbons (Fsp3) is 0.412. The van der Waals surface area contributed by atoms with Gasteiger partial charge in [-0.25, -0.2) is 0 Å². The van der Waals surface area contributed by atoms with Crippen molar-refractivity contribution in [1.29, 1.82) is 0 Å². The first-order valence-corrected chi connectivity index (χ1v) is 7.95. The van der Waals surface area contributed by atoms with E-state index in [9.17, 15) is 19.3 Å². The van der Waals surface area contributed by atoms with E-state index in [0.717, 1.165) is 35.6 Å². The first kappa shape index (κ1) is 18.6. The Morgan fingerprint density at radius 1 is 1.40 bits per heavy atom. The lowest BCUT2D eigenvalue weighted by Gasteiger charge is -2.08. The van der Waals surface area contributed by atoms with Crippen molar-refractivity contribution in [3.63, 3.8) is 0 Å². The highest BCUT2D eigenvalue weighted by Gasteiger charge is 2.18. The average Bonchev–Trinajstić information content (AvgIpc) is 2.76. The number of aromatic nitrogens is 2. The van der Waals surface area contributed by atoms with Gasteiger partial charge in [0, 0.05) is 29.6 Å². The quantitative estimate of drug-likeness (QED) is 0.640. The molecule has 0 saturated carbocycles. The van der Waals surface area contributed by atoms with E-state index in [1.54, 1.807) is 0 Å². The molecule has 0 bridgehead atoms. The van der Waals surface area contributed by atoms with Gasteiger partial charge in [0.05, 0.1) is 17.0 Å². The van der Waals surface area contributed by atoms with Gasteiger partial charge in [-0.2, -0.15) is 9.49 Å². The number of amides is 1. The van der Waals surface area contributed by atoms with Crippen molar-refractivity contribution < 1.29 is 14.1 Å². The fourth-order valence-corrected chi connectivity index (χ4v) is 2.61. The molecule has 1 N–H and O–H groups in total. The molecule has 1 aromatic carbocycles. The number of nitro benzene ring substituents is 1. The molecule has 0 aliphatic carbocycles. The smallest absolute Gasteiger partial charge is 0.306 e. The number of rotatable bonds is 6. The third-order valence-electron chi connectivity index (χ3n) is 3.83. The molecule has 1 amide bonds. The number of carbonyl (C=O) groups excluding carboxylic acids is 1. The summed E-state index contributed by atoms with van der Waals surface area (Å²) >= 11 is 0. The summed E-state index contributed by atoms with van der Waals surface area (Å²) in [6.45, 7) is 8.69. The van der Waals surface area contributed by atoms with E-state index in [1.165, 1.54) is 6.07 Å². The Morgan fingerprint density at radius 2 is 2.08 bits per heavy atom. The van der Waals surface area contributed by atoms with Crippen LogP contribution in [0.5, 0.6) is 0 Å². The van der Waals surface area contributed by atoms with Crippen molar-refractivity contribution in [2.45, 2.75) is 40.7 Å². The first-order valence-electron chi connectivity index (χ1n) is 7.95. The normalized spacial score (nSPS) is 11.0. The second-order valence-corrected chi connectivity index (χ2v) is 6.37. The monoisotopic (exact) mass is 348 g/mol. The summed E-state index contributed by atoms with van der Waals surface area (Å²) in [4.78, 5) is 22.2. The summed E-state index contributed by atoms with van der Waals surface area (Å²) in [6, 6.07) is 3.27. The van der Waals surface area contributed by atoms with Crippen molar-refractivity contribution in [2.24, 2.45) is 5.92 Å². The largest absolute Gasteiger partial charge is 0.326 e. The van der Waals surface area contributed by atoms with Crippen molar-refractivity contribution in [3.05, 3.63) is 51.1 Å². The molecule has 0 aliphatic heterocycles. The third-order valence-corrected chi connectivity index (χ3v) is 3.83. The fourth-order valence-electron chi connectivity index (χ4n) is 2.61. The van der Waals surface area contributed by atoms with Crippen LogP contribution in [0.4, 0.5) is 15.8 Å². The highest BCUT2D eigenvalue weighted by atomic mass is 19.1. The lowest BCUT2D eigenvalue weighted by Crippen LogP contribution is -2.16. The molecule has 0 unspecified atom stereocenters. The SMILES string of the molecule is Cc1nn(CC(C)C)c(C)c1CC(=O)Nc1ccc(F)c([N+](=O)[O-])c1. The van der Waals surface area contributed by atoms with Gasteiger partial charge in [-0.3, -0.25) is 19.6 Å². The predicted molar refractivity (Wildman–Crippen MR) is 91.9 cm³/mol. The van der Waals surface area contributed by atoms with E-state index < -0.39 is 16.4 Å². The number of hydrogen-bond acceptors (Lipinski definition) is 4. The molecule has 0 atom stereocenters. The molecule has 0 spiro atoms. The van der Waals surface area contributed by atoms with Gasteiger partial charge in [0.25, 0.3) is 0 Å². The van der Waals surface area contributed by atoms with Gasteiger partial charge in [0.2, 0.25) is 11.7 Å². The topological polar surface area (TPSA) is 90.1 Å². The molecule has 2 aromatic rings. The van der Waals surface area contributed by atoms with Crippen LogP contribution in [0.25, 0.3) is 0 Å². The lowest BCUT2D eigenvalue weighted by molar-refractivity contribution is -0.387. The number of nitrogens with one attached hydrogen (secondary N) is 1. The Balaban J connectivity index is 2.15. The number of nitrogens with zero attached hydrogens (tertiary/aromatic N) is 3. The Kier molecular flexibility index (Phi) is 5.51. The minimum absolute atomic E-state index is 0.0982. The van der Waals surface area contributed by atoms with E-state index in [0.29, 0.717) is 5.92 Å². The van der Waals surface area contributed by atoms with Crippen LogP contribution in [0.2, 0.25) is 0 Å². The number of hydrogen-bond donors (Lipinski definition) is 1. The molecule has 0 radical (unpaired) electrons. The third kappa shape index (κ3) is 4.40. The maximum Gasteiger partial charge on any atom is 0.306 e. The molecule has 1 heterocycles. The summed E-state index contributed by atoms with van der Waals surface area (Å²) in [5.41, 5.74) is 2.04. The molecule has 0 fully saturated rings. The van der Waals surface area contributed by atoms with Crippen molar-refractivity contribution in [1.82, 2.24) is 9.78 Å². The molecular formula is C17H21FN4O3. The van der Waals surface area contributed by atoms with Gasteiger partial charge in [0.15, 0.2) is 0 Å². The summed E-state index contributed by atoms with van der Waals surface area (Å²) in [6.07, 6.45) is 0.0982. The average molecular weight is 348 g/mol. The standard InChI is InChI=1S/C17H21FN4O3/c1-10(2)9-21-12(4)14(11(3)20-21)8-17(23)19-13-5-6-15(18)16(7-13)22(24)25/h5-7,10H,8-9H2,1-4H3,(H,19,23). The van der Waals surface area contributed by atoms with Crippen LogP contribution in [0.15, 0.2) is 18.2 Å². The predicted octanol–water partition coefficient (Wildman–Crippen LogP) is 3.38. The second-order valence-electron chi connectivity index (χ2n) is 6.37. The zero-order valence-corrected chi connectivity index (χ0v) is 14.7. The molecule has 1 aromatic heterocycles. The van der Waals surface area contributed by atoms with Crippen LogP contribution >= 0.6 is 0 Å². The second kappa shape index (κ2) is 7.42. The summed E-state index contributed by atoms with van der Waals surface area (Å²) in [5.74, 6) is -0.847. The summed E-state index contributed by atoms with van der Waals surface area (Å²) in [7, 11) is 0. The molecule has 8 heteroatoms. The van der Waals surface area contributed by atoms with Gasteiger partial charge >= 0.3 is 5.69 Å². The molecular weight excluding hydrogens is 327 g/mol. The maximum atomic E-state index is 13.4. The summed E-state index contributed by atoms with van der Waals surface area (Å²) < 4.78 is 15.2. The minimum Gasteiger partial charge on any atom is -0.326 e. The van der Waals surface area contributed by atoms with E-state index in [-0.39, 0.29) is 18.0 Å². The van der Waals surface area contributed by atoms with Gasteiger partial charge in [-0.05, 0) is 31.9 Å². The molecule has 2 rings (SSSR count). The van der Waals surface area contributed by atoms with Gasteiger partial charge < -0.3 is 5.32 Å². The highest BCUT2D eigenvalue weighted by Crippen LogP contribution is 2.22. The van der Waals surface area contributed by atoms with E-state index in [2.05, 4.69) is 24.3 Å². The zero-order valence-electron chi connectivity index (χ0n) is 14.7. The lowest BCUT2D eigenvalue weighted by atomic mass is 10.1. The Bertz CT molecular complexity index is 814. The molecule has 7 nitrogen and oxygen atoms in total. The van der Waals surface area contributed by atoms with Crippen LogP contribution in [0, 0.1) is 35.7 Å². The molecule has 25 heavy (non-hydrogen) atoms. The van der Waals surface area contributed by atoms with Crippen LogP contribution in [-0.4, -0.2) is 20.6 Å². The van der Waals surface area contributed by atoms with Gasteiger partial charge in [0.1, 0.15) is 0 Å².